The summed E-state index contributed by atoms with van der Waals surface area (Å²) in [5, 5.41) is 2.21. The van der Waals surface area contributed by atoms with Crippen LogP contribution >= 0.6 is 0 Å². The number of aromatic nitrogens is 3. The van der Waals surface area contributed by atoms with Crippen LogP contribution in [0.1, 0.15) is 0 Å². The zero-order valence-corrected chi connectivity index (χ0v) is 29.8. The van der Waals surface area contributed by atoms with Crippen molar-refractivity contribution in [3.8, 4) is 78.7 Å². The number of rotatable bonds is 7. The molecule has 0 atom stereocenters. The molecule has 0 bridgehead atoms. The summed E-state index contributed by atoms with van der Waals surface area (Å²) < 4.78 is 6.31. The van der Waals surface area contributed by atoms with Gasteiger partial charge < -0.3 is 4.42 Å². The second-order valence-electron chi connectivity index (χ2n) is 13.7. The average molecular weight is 704 g/mol. The minimum Gasteiger partial charge on any atom is -0.456 e. The van der Waals surface area contributed by atoms with Crippen LogP contribution in [0.3, 0.4) is 0 Å². The number of benzene rings is 8. The molecule has 4 nitrogen and oxygen atoms in total. The van der Waals surface area contributed by atoms with Crippen molar-refractivity contribution in [2.24, 2.45) is 0 Å². The predicted molar refractivity (Wildman–Crippen MR) is 225 cm³/mol. The molecule has 258 valence electrons. The van der Waals surface area contributed by atoms with Crippen molar-refractivity contribution in [1.82, 2.24) is 15.0 Å². The smallest absolute Gasteiger partial charge is 0.164 e. The first kappa shape index (κ1) is 32.2. The molecule has 0 amide bonds. The topological polar surface area (TPSA) is 51.8 Å². The van der Waals surface area contributed by atoms with Gasteiger partial charge in [-0.2, -0.15) is 0 Å². The molecule has 0 aliphatic carbocycles. The van der Waals surface area contributed by atoms with E-state index in [2.05, 4.69) is 164 Å². The second-order valence-corrected chi connectivity index (χ2v) is 13.7. The summed E-state index contributed by atoms with van der Waals surface area (Å²) in [5.74, 6) is 1.83. The molecule has 0 N–H and O–H groups in total. The molecule has 0 fully saturated rings. The molecule has 0 spiro atoms. The Labute approximate surface area is 319 Å². The van der Waals surface area contributed by atoms with E-state index in [0.717, 1.165) is 83.1 Å². The largest absolute Gasteiger partial charge is 0.456 e. The van der Waals surface area contributed by atoms with Crippen molar-refractivity contribution in [3.05, 3.63) is 200 Å². The maximum atomic E-state index is 6.31. The van der Waals surface area contributed by atoms with Crippen molar-refractivity contribution in [1.29, 1.82) is 0 Å². The molecule has 2 heterocycles. The quantitative estimate of drug-likeness (QED) is 0.166. The van der Waals surface area contributed by atoms with Gasteiger partial charge >= 0.3 is 0 Å². The molecule has 0 saturated heterocycles. The van der Waals surface area contributed by atoms with Crippen LogP contribution < -0.4 is 0 Å². The van der Waals surface area contributed by atoms with Gasteiger partial charge in [-0.25, -0.2) is 15.0 Å². The summed E-state index contributed by atoms with van der Waals surface area (Å²) in [6.45, 7) is 0. The minimum absolute atomic E-state index is 0.600. The van der Waals surface area contributed by atoms with Crippen molar-refractivity contribution < 1.29 is 4.42 Å². The first-order chi connectivity index (χ1) is 27.2. The lowest BCUT2D eigenvalue weighted by molar-refractivity contribution is 0.669. The standard InChI is InChI=1S/C51H33N3O/c1-4-12-34(13-5-1)37-20-24-39(25-21-37)49-52-50(40-26-22-38(23-27-40)35-14-6-2-7-15-35)54-51(53-49)44-31-42(36-16-8-3-9-17-36)30-43(32-44)41-28-29-46-45-18-10-11-19-47(45)55-48(46)33-41/h1-33H. The third-order valence-electron chi connectivity index (χ3n) is 10.1. The van der Waals surface area contributed by atoms with Crippen LogP contribution in [-0.2, 0) is 0 Å². The third-order valence-corrected chi connectivity index (χ3v) is 10.1. The summed E-state index contributed by atoms with van der Waals surface area (Å²) in [6.07, 6.45) is 0. The fraction of sp³-hybridized carbons (Fsp3) is 0. The second kappa shape index (κ2) is 13.8. The van der Waals surface area contributed by atoms with E-state index in [-0.39, 0.29) is 0 Å². The van der Waals surface area contributed by atoms with Crippen LogP contribution in [0.25, 0.3) is 101 Å². The highest BCUT2D eigenvalue weighted by molar-refractivity contribution is 6.06. The van der Waals surface area contributed by atoms with Gasteiger partial charge in [-0.3, -0.25) is 0 Å². The van der Waals surface area contributed by atoms with Gasteiger partial charge in [0, 0.05) is 27.5 Å². The molecule has 2 aromatic heterocycles. The molecule has 55 heavy (non-hydrogen) atoms. The van der Waals surface area contributed by atoms with Gasteiger partial charge in [-0.05, 0) is 80.9 Å². The third kappa shape index (κ3) is 6.36. The molecule has 0 unspecified atom stereocenters. The van der Waals surface area contributed by atoms with Crippen LogP contribution in [0.5, 0.6) is 0 Å². The summed E-state index contributed by atoms with van der Waals surface area (Å²) in [6, 6.07) is 69.4. The normalized spacial score (nSPS) is 11.3. The Morgan fingerprint density at radius 3 is 1.15 bits per heavy atom. The fourth-order valence-electron chi connectivity index (χ4n) is 7.27. The Morgan fingerprint density at radius 1 is 0.236 bits per heavy atom. The first-order valence-electron chi connectivity index (χ1n) is 18.4. The van der Waals surface area contributed by atoms with Gasteiger partial charge in [-0.1, -0.05) is 164 Å². The highest BCUT2D eigenvalue weighted by Crippen LogP contribution is 2.37. The summed E-state index contributed by atoms with van der Waals surface area (Å²) in [7, 11) is 0. The summed E-state index contributed by atoms with van der Waals surface area (Å²) >= 11 is 0. The van der Waals surface area contributed by atoms with E-state index < -0.39 is 0 Å². The van der Waals surface area contributed by atoms with Gasteiger partial charge in [0.1, 0.15) is 11.2 Å². The molecular formula is C51H33N3O. The first-order valence-corrected chi connectivity index (χ1v) is 18.4. The molecule has 8 aromatic carbocycles. The summed E-state index contributed by atoms with van der Waals surface area (Å²) in [5.41, 5.74) is 13.3. The Bertz CT molecular complexity index is 2840. The molecular weight excluding hydrogens is 671 g/mol. The lowest BCUT2D eigenvalue weighted by Gasteiger charge is -2.13. The van der Waals surface area contributed by atoms with Crippen LogP contribution in [-0.4, -0.2) is 15.0 Å². The fourth-order valence-corrected chi connectivity index (χ4v) is 7.27. The lowest BCUT2D eigenvalue weighted by Crippen LogP contribution is -2.00. The summed E-state index contributed by atoms with van der Waals surface area (Å²) in [4.78, 5) is 15.4. The number of hydrogen-bond acceptors (Lipinski definition) is 4. The molecule has 0 aliphatic heterocycles. The number of hydrogen-bond donors (Lipinski definition) is 0. The van der Waals surface area contributed by atoms with E-state index in [0.29, 0.717) is 17.5 Å². The van der Waals surface area contributed by atoms with Crippen molar-refractivity contribution in [2.75, 3.05) is 0 Å². The molecule has 0 saturated carbocycles. The van der Waals surface area contributed by atoms with Gasteiger partial charge in [0.25, 0.3) is 0 Å². The highest BCUT2D eigenvalue weighted by atomic mass is 16.3. The predicted octanol–water partition coefficient (Wildman–Crippen LogP) is 13.4. The van der Waals surface area contributed by atoms with Crippen molar-refractivity contribution in [2.45, 2.75) is 0 Å². The van der Waals surface area contributed by atoms with Gasteiger partial charge in [-0.15, -0.1) is 0 Å². The lowest BCUT2D eigenvalue weighted by atomic mass is 9.95. The SMILES string of the molecule is c1ccc(-c2ccc(-c3nc(-c4ccc(-c5ccccc5)cc4)nc(-c4cc(-c5ccccc5)cc(-c5ccc6c(c5)oc5ccccc56)c4)n3)cc2)cc1. The molecule has 0 radical (unpaired) electrons. The van der Waals surface area contributed by atoms with E-state index in [9.17, 15) is 0 Å². The average Bonchev–Trinajstić information content (AvgIpc) is 3.65. The number of para-hydroxylation sites is 1. The molecule has 4 heteroatoms. The maximum Gasteiger partial charge on any atom is 0.164 e. The van der Waals surface area contributed by atoms with Crippen molar-refractivity contribution in [3.63, 3.8) is 0 Å². The molecule has 10 rings (SSSR count). The van der Waals surface area contributed by atoms with Crippen LogP contribution in [0, 0.1) is 0 Å². The van der Waals surface area contributed by atoms with Gasteiger partial charge in [0.05, 0.1) is 0 Å². The Kier molecular flexibility index (Phi) is 8.12. The van der Waals surface area contributed by atoms with E-state index in [1.54, 1.807) is 0 Å². The van der Waals surface area contributed by atoms with Gasteiger partial charge in [0.15, 0.2) is 17.5 Å². The van der Waals surface area contributed by atoms with E-state index in [4.69, 9.17) is 19.4 Å². The van der Waals surface area contributed by atoms with Crippen LogP contribution in [0.4, 0.5) is 0 Å². The van der Waals surface area contributed by atoms with E-state index >= 15 is 0 Å². The van der Waals surface area contributed by atoms with E-state index in [1.165, 1.54) is 0 Å². The van der Waals surface area contributed by atoms with E-state index in [1.807, 2.05) is 36.4 Å². The number of nitrogens with zero attached hydrogens (tertiary/aromatic N) is 3. The Morgan fingerprint density at radius 2 is 0.600 bits per heavy atom. The number of furan rings is 1. The minimum atomic E-state index is 0.600. The number of fused-ring (bicyclic) bond motifs is 3. The van der Waals surface area contributed by atoms with Crippen LogP contribution in [0.15, 0.2) is 205 Å². The molecule has 0 aliphatic rings. The molecule has 10 aromatic rings. The zero-order valence-electron chi connectivity index (χ0n) is 29.8. The van der Waals surface area contributed by atoms with Crippen molar-refractivity contribution >= 4 is 21.9 Å². The highest BCUT2D eigenvalue weighted by Gasteiger charge is 2.16. The zero-order chi connectivity index (χ0) is 36.6. The Balaban J connectivity index is 1.13. The maximum absolute atomic E-state index is 6.31. The monoisotopic (exact) mass is 703 g/mol. The van der Waals surface area contributed by atoms with Gasteiger partial charge in [0.2, 0.25) is 0 Å². The van der Waals surface area contributed by atoms with Crippen LogP contribution in [0.2, 0.25) is 0 Å². The Hall–Kier alpha value is -7.43.